The summed E-state index contributed by atoms with van der Waals surface area (Å²) in [7, 11) is 1.59. The Morgan fingerprint density at radius 2 is 2.11 bits per heavy atom. The van der Waals surface area contributed by atoms with Gasteiger partial charge in [0.25, 0.3) is 5.91 Å². The van der Waals surface area contributed by atoms with Crippen LogP contribution in [0.3, 0.4) is 0 Å². The Kier molecular flexibility index (Phi) is 3.33. The lowest BCUT2D eigenvalue weighted by Crippen LogP contribution is -2.53. The largest absolute Gasteiger partial charge is 0.364 e. The highest BCUT2D eigenvalue weighted by atomic mass is 16.1. The van der Waals surface area contributed by atoms with Crippen LogP contribution in [0.15, 0.2) is 12.1 Å². The topological polar surface area (TPSA) is 70.2 Å². The van der Waals surface area contributed by atoms with E-state index in [2.05, 4.69) is 25.7 Å². The number of nitrogens with zero attached hydrogens (tertiary/aromatic N) is 3. The van der Waals surface area contributed by atoms with Gasteiger partial charge in [-0.3, -0.25) is 4.79 Å². The van der Waals surface area contributed by atoms with Crippen LogP contribution in [0.1, 0.15) is 23.3 Å². The van der Waals surface area contributed by atoms with E-state index in [0.29, 0.717) is 11.7 Å². The van der Waals surface area contributed by atoms with Gasteiger partial charge in [0, 0.05) is 19.6 Å². The maximum Gasteiger partial charge on any atom is 0.271 e. The van der Waals surface area contributed by atoms with Gasteiger partial charge >= 0.3 is 0 Å². The van der Waals surface area contributed by atoms with Crippen LogP contribution in [-0.4, -0.2) is 53.7 Å². The van der Waals surface area contributed by atoms with Crippen molar-refractivity contribution in [1.82, 2.24) is 20.4 Å². The summed E-state index contributed by atoms with van der Waals surface area (Å²) < 4.78 is 0. The smallest absolute Gasteiger partial charge is 0.271 e. The fourth-order valence-electron chi connectivity index (χ4n) is 2.98. The zero-order valence-corrected chi connectivity index (χ0v) is 11.1. The fraction of sp³-hybridized carbons (Fsp3) is 0.615. The normalized spacial score (nSPS) is 29.0. The molecule has 4 rings (SSSR count). The van der Waals surface area contributed by atoms with Crippen molar-refractivity contribution in [3.63, 3.8) is 0 Å². The standard InChI is InChI=1S/C13H19N5O/c1-14-13(19)10-2-3-12(17-16-10)15-11-8-18-6-4-9(11)5-7-18/h2-3,9,11H,4-8H2,1H3,(H,14,19)(H,15,17). The van der Waals surface area contributed by atoms with Crippen LogP contribution in [0.4, 0.5) is 5.82 Å². The molecule has 1 aromatic heterocycles. The van der Waals surface area contributed by atoms with Crippen LogP contribution in [0, 0.1) is 5.92 Å². The molecule has 1 amide bonds. The van der Waals surface area contributed by atoms with E-state index in [0.717, 1.165) is 18.3 Å². The monoisotopic (exact) mass is 261 g/mol. The minimum Gasteiger partial charge on any atom is -0.364 e. The van der Waals surface area contributed by atoms with Crippen molar-refractivity contribution in [3.05, 3.63) is 17.8 Å². The first-order valence-corrected chi connectivity index (χ1v) is 6.81. The van der Waals surface area contributed by atoms with E-state index in [1.807, 2.05) is 6.07 Å². The van der Waals surface area contributed by atoms with Crippen LogP contribution >= 0.6 is 0 Å². The molecule has 1 unspecified atom stereocenters. The zero-order valence-electron chi connectivity index (χ0n) is 11.1. The lowest BCUT2D eigenvalue weighted by Gasteiger charge is -2.45. The molecule has 3 saturated heterocycles. The SMILES string of the molecule is CNC(=O)c1ccc(NC2CN3CCC2CC3)nn1. The van der Waals surface area contributed by atoms with Crippen molar-refractivity contribution in [2.45, 2.75) is 18.9 Å². The highest BCUT2D eigenvalue weighted by Gasteiger charge is 2.34. The molecular weight excluding hydrogens is 242 g/mol. The molecule has 3 fully saturated rings. The average molecular weight is 261 g/mol. The number of amides is 1. The Hall–Kier alpha value is -1.69. The molecule has 0 spiro atoms. The van der Waals surface area contributed by atoms with E-state index in [-0.39, 0.29) is 5.91 Å². The molecule has 3 aliphatic rings. The third-order valence-corrected chi connectivity index (χ3v) is 4.11. The second-order valence-corrected chi connectivity index (χ2v) is 5.27. The summed E-state index contributed by atoms with van der Waals surface area (Å²) in [5.74, 6) is 1.29. The van der Waals surface area contributed by atoms with Crippen molar-refractivity contribution in [2.24, 2.45) is 5.92 Å². The Morgan fingerprint density at radius 3 is 2.63 bits per heavy atom. The number of anilines is 1. The number of nitrogens with one attached hydrogen (secondary N) is 2. The van der Waals surface area contributed by atoms with Gasteiger partial charge in [0.15, 0.2) is 5.69 Å². The van der Waals surface area contributed by atoms with Crippen molar-refractivity contribution < 1.29 is 4.79 Å². The Morgan fingerprint density at radius 1 is 1.32 bits per heavy atom. The molecule has 0 aromatic carbocycles. The summed E-state index contributed by atoms with van der Waals surface area (Å²) in [5, 5.41) is 14.0. The number of carbonyl (C=O) groups is 1. The molecule has 3 aliphatic heterocycles. The van der Waals surface area contributed by atoms with Gasteiger partial charge < -0.3 is 15.5 Å². The Bertz CT molecular complexity index is 453. The Balaban J connectivity index is 1.65. The molecule has 2 N–H and O–H groups in total. The average Bonchev–Trinajstić information content (AvgIpc) is 2.48. The van der Waals surface area contributed by atoms with Crippen LogP contribution in [0.5, 0.6) is 0 Å². The quantitative estimate of drug-likeness (QED) is 0.821. The Labute approximate surface area is 112 Å². The van der Waals surface area contributed by atoms with Crippen LogP contribution in [-0.2, 0) is 0 Å². The zero-order chi connectivity index (χ0) is 13.2. The molecule has 1 aromatic rings. The lowest BCUT2D eigenvalue weighted by atomic mass is 9.84. The maximum atomic E-state index is 11.4. The molecule has 6 heteroatoms. The van der Waals surface area contributed by atoms with Crippen molar-refractivity contribution in [1.29, 1.82) is 0 Å². The van der Waals surface area contributed by atoms with Gasteiger partial charge in [0.05, 0.1) is 0 Å². The highest BCUT2D eigenvalue weighted by molar-refractivity contribution is 5.91. The molecular formula is C13H19N5O. The predicted molar refractivity (Wildman–Crippen MR) is 72.0 cm³/mol. The summed E-state index contributed by atoms with van der Waals surface area (Å²) in [4.78, 5) is 13.9. The molecule has 0 saturated carbocycles. The molecule has 102 valence electrons. The number of hydrogen-bond acceptors (Lipinski definition) is 5. The predicted octanol–water partition coefficient (Wildman–Crippen LogP) is 0.342. The fourth-order valence-corrected chi connectivity index (χ4v) is 2.98. The van der Waals surface area contributed by atoms with Gasteiger partial charge in [-0.25, -0.2) is 0 Å². The first-order chi connectivity index (χ1) is 9.26. The number of aromatic nitrogens is 2. The van der Waals surface area contributed by atoms with E-state index in [1.54, 1.807) is 13.1 Å². The van der Waals surface area contributed by atoms with Gasteiger partial charge in [-0.2, -0.15) is 0 Å². The van der Waals surface area contributed by atoms with Gasteiger partial charge in [0.1, 0.15) is 5.82 Å². The molecule has 1 atom stereocenters. The second-order valence-electron chi connectivity index (χ2n) is 5.27. The van der Waals surface area contributed by atoms with Crippen LogP contribution in [0.2, 0.25) is 0 Å². The minimum absolute atomic E-state index is 0.207. The summed E-state index contributed by atoms with van der Waals surface area (Å²) in [6.45, 7) is 3.54. The van der Waals surface area contributed by atoms with E-state index in [4.69, 9.17) is 0 Å². The minimum atomic E-state index is -0.207. The van der Waals surface area contributed by atoms with Gasteiger partial charge in [0.2, 0.25) is 0 Å². The van der Waals surface area contributed by atoms with E-state index in [1.165, 1.54) is 25.9 Å². The summed E-state index contributed by atoms with van der Waals surface area (Å²) in [5.41, 5.74) is 0.349. The molecule has 0 aliphatic carbocycles. The lowest BCUT2D eigenvalue weighted by molar-refractivity contribution is 0.0956. The summed E-state index contributed by atoms with van der Waals surface area (Å²) in [6, 6.07) is 3.99. The first kappa shape index (κ1) is 12.3. The van der Waals surface area contributed by atoms with Gasteiger partial charge in [-0.1, -0.05) is 0 Å². The van der Waals surface area contributed by atoms with Crippen LogP contribution < -0.4 is 10.6 Å². The second kappa shape index (κ2) is 5.13. The number of hydrogen-bond donors (Lipinski definition) is 2. The summed E-state index contributed by atoms with van der Waals surface area (Å²) in [6.07, 6.45) is 2.53. The third-order valence-electron chi connectivity index (χ3n) is 4.11. The number of carbonyl (C=O) groups excluding carboxylic acids is 1. The maximum absolute atomic E-state index is 11.4. The number of fused-ring (bicyclic) bond motifs is 3. The molecule has 0 radical (unpaired) electrons. The van der Waals surface area contributed by atoms with Crippen molar-refractivity contribution in [3.8, 4) is 0 Å². The van der Waals surface area contributed by atoms with Crippen molar-refractivity contribution in [2.75, 3.05) is 32.0 Å². The summed E-state index contributed by atoms with van der Waals surface area (Å²) >= 11 is 0. The van der Waals surface area contributed by atoms with Crippen molar-refractivity contribution >= 4 is 11.7 Å². The molecule has 6 nitrogen and oxygen atoms in total. The molecule has 4 heterocycles. The van der Waals surface area contributed by atoms with Gasteiger partial charge in [-0.05, 0) is 44.0 Å². The number of rotatable bonds is 3. The third kappa shape index (κ3) is 2.53. The van der Waals surface area contributed by atoms with Gasteiger partial charge in [-0.15, -0.1) is 10.2 Å². The molecule has 2 bridgehead atoms. The molecule has 19 heavy (non-hydrogen) atoms. The van der Waals surface area contributed by atoms with E-state index in [9.17, 15) is 4.79 Å². The van der Waals surface area contributed by atoms with E-state index < -0.39 is 0 Å². The highest BCUT2D eigenvalue weighted by Crippen LogP contribution is 2.29. The first-order valence-electron chi connectivity index (χ1n) is 6.81. The van der Waals surface area contributed by atoms with Crippen LogP contribution in [0.25, 0.3) is 0 Å². The number of piperidine rings is 3. The van der Waals surface area contributed by atoms with E-state index >= 15 is 0 Å².